The van der Waals surface area contributed by atoms with Crippen LogP contribution in [0.5, 0.6) is 0 Å². The molecule has 0 aliphatic carbocycles. The Balaban J connectivity index is 2.33. The van der Waals surface area contributed by atoms with Gasteiger partial charge in [-0.2, -0.15) is 0 Å². The molecule has 82 valence electrons. The zero-order chi connectivity index (χ0) is 11.2. The fourth-order valence-electron chi connectivity index (χ4n) is 1.83. The van der Waals surface area contributed by atoms with Crippen LogP contribution in [0.15, 0.2) is 48.8 Å². The van der Waals surface area contributed by atoms with Crippen molar-refractivity contribution in [1.29, 1.82) is 0 Å². The molecule has 0 spiro atoms. The highest BCUT2D eigenvalue weighted by Crippen LogP contribution is 2.23. The van der Waals surface area contributed by atoms with Crippen LogP contribution in [0, 0.1) is 0 Å². The van der Waals surface area contributed by atoms with Crippen molar-refractivity contribution in [1.82, 2.24) is 4.98 Å². The first-order chi connectivity index (χ1) is 7.92. The lowest BCUT2D eigenvalue weighted by molar-refractivity contribution is 0.834. The molecule has 0 saturated carbocycles. The summed E-state index contributed by atoms with van der Waals surface area (Å²) in [5.74, 6) is 0. The van der Waals surface area contributed by atoms with E-state index < -0.39 is 0 Å². The molecule has 0 aliphatic heterocycles. The van der Waals surface area contributed by atoms with E-state index in [1.807, 2.05) is 12.3 Å². The molecule has 1 aromatic heterocycles. The van der Waals surface area contributed by atoms with E-state index in [0.717, 1.165) is 19.4 Å². The predicted molar refractivity (Wildman–Crippen MR) is 67.0 cm³/mol. The van der Waals surface area contributed by atoms with Gasteiger partial charge in [-0.15, -0.1) is 0 Å². The van der Waals surface area contributed by atoms with Crippen molar-refractivity contribution in [2.24, 2.45) is 5.73 Å². The van der Waals surface area contributed by atoms with Crippen LogP contribution in [-0.4, -0.2) is 11.5 Å². The summed E-state index contributed by atoms with van der Waals surface area (Å²) in [4.78, 5) is 4.16. The normalized spacial score (nSPS) is 10.3. The van der Waals surface area contributed by atoms with Crippen LogP contribution >= 0.6 is 0 Å². The van der Waals surface area contributed by atoms with Crippen LogP contribution in [-0.2, 0) is 6.42 Å². The molecule has 0 atom stereocenters. The standard InChI is InChI=1S/C14H16N2/c15-9-3-6-12-5-1-2-8-14(12)13-7-4-10-16-11-13/h1-2,4-5,7-8,10-11H,3,6,9,15H2. The Morgan fingerprint density at radius 1 is 1.06 bits per heavy atom. The second kappa shape index (κ2) is 5.42. The molecule has 0 amide bonds. The lowest BCUT2D eigenvalue weighted by Gasteiger charge is -2.08. The van der Waals surface area contributed by atoms with E-state index in [9.17, 15) is 0 Å². The molecule has 1 aromatic carbocycles. The third-order valence-corrected chi connectivity index (χ3v) is 2.64. The maximum absolute atomic E-state index is 5.55. The highest BCUT2D eigenvalue weighted by Gasteiger charge is 2.03. The number of rotatable bonds is 4. The molecule has 16 heavy (non-hydrogen) atoms. The molecule has 2 N–H and O–H groups in total. The highest BCUT2D eigenvalue weighted by atomic mass is 14.6. The summed E-state index contributed by atoms with van der Waals surface area (Å²) in [6.45, 7) is 0.737. The summed E-state index contributed by atoms with van der Waals surface area (Å²) in [7, 11) is 0. The van der Waals surface area contributed by atoms with Gasteiger partial charge in [0, 0.05) is 18.0 Å². The van der Waals surface area contributed by atoms with E-state index in [4.69, 9.17) is 5.73 Å². The lowest BCUT2D eigenvalue weighted by atomic mass is 9.98. The summed E-state index contributed by atoms with van der Waals surface area (Å²) < 4.78 is 0. The molecule has 0 fully saturated rings. The van der Waals surface area contributed by atoms with Crippen molar-refractivity contribution in [3.63, 3.8) is 0 Å². The van der Waals surface area contributed by atoms with Crippen LogP contribution in [0.2, 0.25) is 0 Å². The fraction of sp³-hybridized carbons (Fsp3) is 0.214. The van der Waals surface area contributed by atoms with Crippen molar-refractivity contribution < 1.29 is 0 Å². The van der Waals surface area contributed by atoms with E-state index in [0.29, 0.717) is 0 Å². The summed E-state index contributed by atoms with van der Waals surface area (Å²) in [5, 5.41) is 0. The van der Waals surface area contributed by atoms with Crippen molar-refractivity contribution in [3.05, 3.63) is 54.4 Å². The quantitative estimate of drug-likeness (QED) is 0.846. The third kappa shape index (κ3) is 2.47. The lowest BCUT2D eigenvalue weighted by Crippen LogP contribution is -2.01. The van der Waals surface area contributed by atoms with Crippen molar-refractivity contribution in [3.8, 4) is 11.1 Å². The van der Waals surface area contributed by atoms with Gasteiger partial charge in [0.1, 0.15) is 0 Å². The van der Waals surface area contributed by atoms with Gasteiger partial charge in [-0.25, -0.2) is 0 Å². The van der Waals surface area contributed by atoms with Crippen molar-refractivity contribution in [2.45, 2.75) is 12.8 Å². The topological polar surface area (TPSA) is 38.9 Å². The summed E-state index contributed by atoms with van der Waals surface area (Å²) >= 11 is 0. The smallest absolute Gasteiger partial charge is 0.0346 e. The Labute approximate surface area is 96.1 Å². The predicted octanol–water partition coefficient (Wildman–Crippen LogP) is 2.64. The summed E-state index contributed by atoms with van der Waals surface area (Å²) in [6.07, 6.45) is 5.76. The first-order valence-corrected chi connectivity index (χ1v) is 5.60. The van der Waals surface area contributed by atoms with E-state index in [2.05, 4.69) is 35.3 Å². The van der Waals surface area contributed by atoms with Gasteiger partial charge in [-0.1, -0.05) is 30.3 Å². The molecule has 1 heterocycles. The Bertz CT molecular complexity index is 437. The van der Waals surface area contributed by atoms with E-state index >= 15 is 0 Å². The number of pyridine rings is 1. The van der Waals surface area contributed by atoms with Crippen LogP contribution in [0.3, 0.4) is 0 Å². The van der Waals surface area contributed by atoms with Gasteiger partial charge in [-0.05, 0) is 36.6 Å². The second-order valence-corrected chi connectivity index (χ2v) is 3.79. The first-order valence-electron chi connectivity index (χ1n) is 5.60. The zero-order valence-electron chi connectivity index (χ0n) is 9.26. The summed E-state index contributed by atoms with van der Waals surface area (Å²) in [6, 6.07) is 12.5. The Hall–Kier alpha value is -1.67. The number of hydrogen-bond donors (Lipinski definition) is 1. The van der Waals surface area contributed by atoms with Gasteiger partial charge >= 0.3 is 0 Å². The first kappa shape index (κ1) is 10.8. The fourth-order valence-corrected chi connectivity index (χ4v) is 1.83. The Kier molecular flexibility index (Phi) is 3.67. The second-order valence-electron chi connectivity index (χ2n) is 3.79. The number of hydrogen-bond acceptors (Lipinski definition) is 2. The third-order valence-electron chi connectivity index (χ3n) is 2.64. The van der Waals surface area contributed by atoms with Crippen LogP contribution in [0.4, 0.5) is 0 Å². The molecule has 0 unspecified atom stereocenters. The minimum absolute atomic E-state index is 0.737. The van der Waals surface area contributed by atoms with Gasteiger partial charge in [0.25, 0.3) is 0 Å². The van der Waals surface area contributed by atoms with Gasteiger partial charge in [-0.3, -0.25) is 4.98 Å². The largest absolute Gasteiger partial charge is 0.330 e. The molecule has 2 rings (SSSR count). The highest BCUT2D eigenvalue weighted by molar-refractivity contribution is 5.66. The van der Waals surface area contributed by atoms with Crippen molar-refractivity contribution >= 4 is 0 Å². The van der Waals surface area contributed by atoms with Gasteiger partial charge < -0.3 is 5.73 Å². The molecular formula is C14H16N2. The van der Waals surface area contributed by atoms with Crippen LogP contribution in [0.1, 0.15) is 12.0 Å². The maximum atomic E-state index is 5.55. The number of nitrogens with zero attached hydrogens (tertiary/aromatic N) is 1. The summed E-state index contributed by atoms with van der Waals surface area (Å²) in [5.41, 5.74) is 9.34. The average Bonchev–Trinajstić information content (AvgIpc) is 2.38. The van der Waals surface area contributed by atoms with Crippen LogP contribution < -0.4 is 5.73 Å². The van der Waals surface area contributed by atoms with Gasteiger partial charge in [0.15, 0.2) is 0 Å². The molecule has 0 saturated heterocycles. The maximum Gasteiger partial charge on any atom is 0.0346 e. The number of benzene rings is 1. The molecule has 2 nitrogen and oxygen atoms in total. The molecule has 0 aliphatic rings. The van der Waals surface area contributed by atoms with Crippen molar-refractivity contribution in [2.75, 3.05) is 6.54 Å². The zero-order valence-corrected chi connectivity index (χ0v) is 9.26. The molecule has 2 aromatic rings. The Morgan fingerprint density at radius 3 is 2.69 bits per heavy atom. The molecule has 0 radical (unpaired) electrons. The van der Waals surface area contributed by atoms with E-state index in [1.54, 1.807) is 6.20 Å². The number of nitrogens with two attached hydrogens (primary N) is 1. The van der Waals surface area contributed by atoms with Crippen LogP contribution in [0.25, 0.3) is 11.1 Å². The monoisotopic (exact) mass is 212 g/mol. The van der Waals surface area contributed by atoms with E-state index in [1.165, 1.54) is 16.7 Å². The van der Waals surface area contributed by atoms with Gasteiger partial charge in [0.2, 0.25) is 0 Å². The molecule has 0 bridgehead atoms. The molecule has 2 heteroatoms. The minimum atomic E-state index is 0.737. The average molecular weight is 212 g/mol. The molecular weight excluding hydrogens is 196 g/mol. The number of aryl methyl sites for hydroxylation is 1. The van der Waals surface area contributed by atoms with E-state index in [-0.39, 0.29) is 0 Å². The minimum Gasteiger partial charge on any atom is -0.330 e. The Morgan fingerprint density at radius 2 is 1.94 bits per heavy atom. The van der Waals surface area contributed by atoms with Gasteiger partial charge in [0.05, 0.1) is 0 Å². The SMILES string of the molecule is NCCCc1ccccc1-c1cccnc1. The number of aromatic nitrogens is 1.